The summed E-state index contributed by atoms with van der Waals surface area (Å²) in [5.41, 5.74) is 1.34. The fourth-order valence-electron chi connectivity index (χ4n) is 1.75. The smallest absolute Gasteiger partial charge is 0.0238 e. The van der Waals surface area contributed by atoms with E-state index in [9.17, 15) is 0 Å². The molecule has 1 rings (SSSR count). The average Bonchev–Trinajstić information content (AvgIpc) is 2.21. The SMILES string of the molecule is C#CCC(C)NC(C)Cc1ccc(Br)cc1. The van der Waals surface area contributed by atoms with Gasteiger partial charge in [-0.15, -0.1) is 12.3 Å². The van der Waals surface area contributed by atoms with Gasteiger partial charge in [0, 0.05) is 23.0 Å². The molecule has 0 heterocycles. The number of nitrogens with one attached hydrogen (secondary N) is 1. The Balaban J connectivity index is 2.42. The predicted molar refractivity (Wildman–Crippen MR) is 73.4 cm³/mol. The minimum absolute atomic E-state index is 0.385. The molecule has 2 unspecified atom stereocenters. The van der Waals surface area contributed by atoms with E-state index in [1.54, 1.807) is 0 Å². The molecule has 0 fully saturated rings. The Kier molecular flexibility index (Phi) is 5.59. The van der Waals surface area contributed by atoms with Crippen molar-refractivity contribution in [2.75, 3.05) is 0 Å². The second kappa shape index (κ2) is 6.73. The molecule has 2 heteroatoms. The zero-order valence-electron chi connectivity index (χ0n) is 9.83. The van der Waals surface area contributed by atoms with Crippen molar-refractivity contribution < 1.29 is 0 Å². The quantitative estimate of drug-likeness (QED) is 0.815. The van der Waals surface area contributed by atoms with Crippen LogP contribution >= 0.6 is 15.9 Å². The molecule has 1 nitrogen and oxygen atoms in total. The first-order valence-electron chi connectivity index (χ1n) is 5.55. The molecule has 0 aliphatic carbocycles. The summed E-state index contributed by atoms with van der Waals surface area (Å²) in [5.74, 6) is 2.68. The van der Waals surface area contributed by atoms with Crippen LogP contribution in [-0.2, 0) is 6.42 Å². The Morgan fingerprint density at radius 1 is 1.25 bits per heavy atom. The standard InChI is InChI=1S/C14H18BrN/c1-4-5-11(2)16-12(3)10-13-6-8-14(15)9-7-13/h1,6-9,11-12,16H,5,10H2,2-3H3. The van der Waals surface area contributed by atoms with Crippen molar-refractivity contribution in [2.45, 2.75) is 38.8 Å². The second-order valence-electron chi connectivity index (χ2n) is 4.21. The van der Waals surface area contributed by atoms with E-state index in [-0.39, 0.29) is 0 Å². The molecule has 0 saturated heterocycles. The van der Waals surface area contributed by atoms with E-state index >= 15 is 0 Å². The summed E-state index contributed by atoms with van der Waals surface area (Å²) in [4.78, 5) is 0. The van der Waals surface area contributed by atoms with Crippen molar-refractivity contribution >= 4 is 15.9 Å². The van der Waals surface area contributed by atoms with Gasteiger partial charge in [-0.3, -0.25) is 0 Å². The predicted octanol–water partition coefficient (Wildman–Crippen LogP) is 3.38. The van der Waals surface area contributed by atoms with Crippen molar-refractivity contribution in [1.29, 1.82) is 0 Å². The lowest BCUT2D eigenvalue weighted by atomic mass is 10.1. The lowest BCUT2D eigenvalue weighted by Crippen LogP contribution is -2.35. The van der Waals surface area contributed by atoms with Crippen LogP contribution in [0.1, 0.15) is 25.8 Å². The minimum Gasteiger partial charge on any atom is -0.311 e. The van der Waals surface area contributed by atoms with Gasteiger partial charge >= 0.3 is 0 Å². The zero-order valence-corrected chi connectivity index (χ0v) is 11.4. The van der Waals surface area contributed by atoms with E-state index in [0.29, 0.717) is 12.1 Å². The molecule has 0 aliphatic heterocycles. The van der Waals surface area contributed by atoms with Gasteiger partial charge < -0.3 is 5.32 Å². The summed E-state index contributed by atoms with van der Waals surface area (Å²) >= 11 is 3.43. The van der Waals surface area contributed by atoms with Crippen molar-refractivity contribution in [1.82, 2.24) is 5.32 Å². The highest BCUT2D eigenvalue weighted by atomic mass is 79.9. The molecule has 1 aromatic carbocycles. The van der Waals surface area contributed by atoms with E-state index in [1.165, 1.54) is 5.56 Å². The molecule has 0 aliphatic rings. The molecule has 0 saturated carbocycles. The van der Waals surface area contributed by atoms with Crippen LogP contribution < -0.4 is 5.32 Å². The van der Waals surface area contributed by atoms with E-state index in [2.05, 4.69) is 65.3 Å². The van der Waals surface area contributed by atoms with Crippen molar-refractivity contribution in [3.8, 4) is 12.3 Å². The summed E-state index contributed by atoms with van der Waals surface area (Å²) in [6.45, 7) is 4.31. The van der Waals surface area contributed by atoms with E-state index in [1.807, 2.05) is 0 Å². The summed E-state index contributed by atoms with van der Waals surface area (Å²) in [6, 6.07) is 9.28. The highest BCUT2D eigenvalue weighted by molar-refractivity contribution is 9.10. The first kappa shape index (κ1) is 13.3. The van der Waals surface area contributed by atoms with Crippen LogP contribution in [0.3, 0.4) is 0 Å². The van der Waals surface area contributed by atoms with Gasteiger partial charge in [0.15, 0.2) is 0 Å². The Morgan fingerprint density at radius 2 is 1.88 bits per heavy atom. The molecule has 0 spiro atoms. The topological polar surface area (TPSA) is 12.0 Å². The molecule has 86 valence electrons. The number of hydrogen-bond acceptors (Lipinski definition) is 1. The van der Waals surface area contributed by atoms with Crippen LogP contribution in [0.2, 0.25) is 0 Å². The normalized spacial score (nSPS) is 14.1. The summed E-state index contributed by atoms with van der Waals surface area (Å²) in [7, 11) is 0. The van der Waals surface area contributed by atoms with Gasteiger partial charge in [0.2, 0.25) is 0 Å². The maximum Gasteiger partial charge on any atom is 0.0238 e. The third-order valence-electron chi connectivity index (χ3n) is 2.45. The number of terminal acetylenes is 1. The first-order valence-corrected chi connectivity index (χ1v) is 6.35. The van der Waals surface area contributed by atoms with E-state index in [0.717, 1.165) is 17.3 Å². The minimum atomic E-state index is 0.385. The summed E-state index contributed by atoms with van der Waals surface area (Å²) in [6.07, 6.45) is 7.09. The average molecular weight is 280 g/mol. The van der Waals surface area contributed by atoms with Gasteiger partial charge in [-0.2, -0.15) is 0 Å². The maximum absolute atomic E-state index is 5.28. The summed E-state index contributed by atoms with van der Waals surface area (Å²) in [5, 5.41) is 3.49. The van der Waals surface area contributed by atoms with Gasteiger partial charge in [0.25, 0.3) is 0 Å². The van der Waals surface area contributed by atoms with Crippen molar-refractivity contribution in [3.05, 3.63) is 34.3 Å². The largest absolute Gasteiger partial charge is 0.311 e. The number of rotatable bonds is 5. The molecule has 0 aromatic heterocycles. The third kappa shape index (κ3) is 4.83. The molecular weight excluding hydrogens is 262 g/mol. The van der Waals surface area contributed by atoms with Gasteiger partial charge in [-0.05, 0) is 38.0 Å². The van der Waals surface area contributed by atoms with Gasteiger partial charge in [-0.1, -0.05) is 28.1 Å². The highest BCUT2D eigenvalue weighted by Gasteiger charge is 2.06. The van der Waals surface area contributed by atoms with Crippen LogP contribution in [-0.4, -0.2) is 12.1 Å². The lowest BCUT2D eigenvalue weighted by Gasteiger charge is -2.18. The number of halogens is 1. The fraction of sp³-hybridized carbons (Fsp3) is 0.429. The third-order valence-corrected chi connectivity index (χ3v) is 2.98. The molecule has 2 atom stereocenters. The molecule has 1 aromatic rings. The highest BCUT2D eigenvalue weighted by Crippen LogP contribution is 2.12. The molecule has 16 heavy (non-hydrogen) atoms. The molecular formula is C14H18BrN. The van der Waals surface area contributed by atoms with Gasteiger partial charge in [-0.25, -0.2) is 0 Å². The van der Waals surface area contributed by atoms with Crippen LogP contribution in [0, 0.1) is 12.3 Å². The van der Waals surface area contributed by atoms with Gasteiger partial charge in [0.05, 0.1) is 0 Å². The zero-order chi connectivity index (χ0) is 12.0. The van der Waals surface area contributed by atoms with E-state index in [4.69, 9.17) is 6.42 Å². The monoisotopic (exact) mass is 279 g/mol. The van der Waals surface area contributed by atoms with Crippen molar-refractivity contribution in [3.63, 3.8) is 0 Å². The second-order valence-corrected chi connectivity index (χ2v) is 5.12. The lowest BCUT2D eigenvalue weighted by molar-refractivity contribution is 0.470. The molecule has 0 bridgehead atoms. The molecule has 1 N–H and O–H groups in total. The Labute approximate surface area is 107 Å². The van der Waals surface area contributed by atoms with E-state index < -0.39 is 0 Å². The molecule has 0 radical (unpaired) electrons. The van der Waals surface area contributed by atoms with Crippen LogP contribution in [0.15, 0.2) is 28.7 Å². The summed E-state index contributed by atoms with van der Waals surface area (Å²) < 4.78 is 1.12. The maximum atomic E-state index is 5.28. The first-order chi connectivity index (χ1) is 7.61. The Hall–Kier alpha value is -0.780. The molecule has 0 amide bonds. The van der Waals surface area contributed by atoms with Gasteiger partial charge in [0.1, 0.15) is 0 Å². The van der Waals surface area contributed by atoms with Crippen LogP contribution in [0.25, 0.3) is 0 Å². The van der Waals surface area contributed by atoms with Crippen LogP contribution in [0.5, 0.6) is 0 Å². The fourth-order valence-corrected chi connectivity index (χ4v) is 2.02. The number of benzene rings is 1. The Bertz CT molecular complexity index is 350. The van der Waals surface area contributed by atoms with Crippen LogP contribution in [0.4, 0.5) is 0 Å². The number of hydrogen-bond donors (Lipinski definition) is 1. The van der Waals surface area contributed by atoms with Crippen molar-refractivity contribution in [2.24, 2.45) is 0 Å². The Morgan fingerprint density at radius 3 is 2.44 bits per heavy atom.